The van der Waals surface area contributed by atoms with Crippen molar-refractivity contribution in [2.45, 2.75) is 293 Å². The van der Waals surface area contributed by atoms with Crippen LogP contribution in [0.2, 0.25) is 0 Å². The molecule has 7 heterocycles. The maximum Gasteiger partial charge on any atom is 0.397 e. The molecular formula is C80H123F5N12O13. The van der Waals surface area contributed by atoms with Crippen LogP contribution in [-0.2, 0) is 62.3 Å². The molecule has 4 saturated carbocycles. The first-order valence-electron chi connectivity index (χ1n) is 41.0. The van der Waals surface area contributed by atoms with Gasteiger partial charge in [0.25, 0.3) is 0 Å². The second kappa shape index (κ2) is 38.5. The van der Waals surface area contributed by atoms with Gasteiger partial charge in [-0.05, 0) is 178 Å². The van der Waals surface area contributed by atoms with Gasteiger partial charge < -0.3 is 64.8 Å². The Morgan fingerprint density at radius 1 is 0.600 bits per heavy atom. The summed E-state index contributed by atoms with van der Waals surface area (Å²) in [6.45, 7) is 8.51. The lowest BCUT2D eigenvalue weighted by Crippen LogP contribution is -2.68. The van der Waals surface area contributed by atoms with Crippen LogP contribution in [0.3, 0.4) is 0 Å². The predicted molar refractivity (Wildman–Crippen MR) is 400 cm³/mol. The molecule has 0 radical (unpaired) electrons. The topological polar surface area (TPSA) is 279 Å². The van der Waals surface area contributed by atoms with Crippen molar-refractivity contribution in [3.05, 3.63) is 24.3 Å². The Kier molecular flexibility index (Phi) is 30.4. The third-order valence-corrected chi connectivity index (χ3v) is 25.8. The van der Waals surface area contributed by atoms with Crippen LogP contribution in [0.15, 0.2) is 24.3 Å². The summed E-state index contributed by atoms with van der Waals surface area (Å²) in [7, 11) is 7.20. The van der Waals surface area contributed by atoms with Gasteiger partial charge in [-0.25, -0.2) is 8.78 Å². The van der Waals surface area contributed by atoms with Gasteiger partial charge in [0.15, 0.2) is 0 Å². The molecule has 0 aromatic heterocycles. The number of halogens is 5. The minimum atomic E-state index is -5.18. The molecule has 110 heavy (non-hydrogen) atoms. The zero-order valence-electron chi connectivity index (χ0n) is 66.5. The summed E-state index contributed by atoms with van der Waals surface area (Å²) in [5, 5.41) is 8.79. The normalized spacial score (nSPS) is 33.1. The van der Waals surface area contributed by atoms with Crippen LogP contribution in [0.5, 0.6) is 0 Å². The fourth-order valence-electron chi connectivity index (χ4n) is 18.3. The standard InChI is InChI=1S/C80H123F5N12O13/c1-11-49(5)68-76(107)96(54-33-34-54)48-66(100)91(8)60-27-20-16-23-40-95(75(60)106)63-43-51-30-28-50(29-31-51)25-18-15-19-26-59(70(101)87-68)90(7)65(99)45-62(74(105)94-38-21-17-22-39-94)92(9)77(108)69(53(12-2)13-3)93(10)78(109)79(36-24-37-79)88-71(102)61-44-55(110-14-4)46-97(61)72(103)58(86-64(98)47-89(6)73(63)104)35-32-52-41-56(81)67(57(82)42-52)80(83,84)85/h16,18,20,25,49-63,67-69H,11-15,17,19,21-24,26-48H2,1-10H3,(H,86,98)(H,87,101)(H,88,102)/b20-16-,25-18+/t49-,50?,51?,52?,55+,56?,57?,58-,59-,60-,61-,62-,63-,67?,68-,69-/m0/s1. The monoisotopic (exact) mass is 1550 g/mol. The first-order chi connectivity index (χ1) is 52.3. The van der Waals surface area contributed by atoms with Gasteiger partial charge >= 0.3 is 6.18 Å². The number of allylic oxidation sites excluding steroid dienone is 2. The fraction of sp³-hybridized carbons (Fsp3) is 0.800. The summed E-state index contributed by atoms with van der Waals surface area (Å²) in [6, 6.07) is -11.0. The summed E-state index contributed by atoms with van der Waals surface area (Å²) in [4.78, 5) is 197. The van der Waals surface area contributed by atoms with E-state index in [4.69, 9.17) is 4.74 Å². The highest BCUT2D eigenvalue weighted by atomic mass is 19.4. The van der Waals surface area contributed by atoms with E-state index in [1.165, 1.54) is 69.5 Å². The molecule has 0 aromatic carbocycles. The van der Waals surface area contributed by atoms with E-state index in [2.05, 4.69) is 22.0 Å². The highest BCUT2D eigenvalue weighted by Crippen LogP contribution is 2.45. The van der Waals surface area contributed by atoms with Gasteiger partial charge in [0.05, 0.1) is 19.1 Å². The third-order valence-electron chi connectivity index (χ3n) is 25.8. The van der Waals surface area contributed by atoms with Crippen molar-refractivity contribution >= 4 is 70.9 Å². The number of carbonyl (C=O) groups excluding carboxylic acids is 12. The van der Waals surface area contributed by atoms with Gasteiger partial charge in [-0.1, -0.05) is 71.3 Å². The SMILES string of the molecule is CCO[C@@H]1C[C@H]2C(=O)NC3(CCC3)C(=O)N(C)[C@@H](C(CC)CC)C(=O)N(C)[C@H](C(=O)N3CCCCC3)CC(=O)N(C)[C@H]3CCC/C=C/C4CCC(CC4)C[C@@H](C(=O)N(C)CC(=O)N[C@@H](CCC4CC(F)C(C(F)(F)F)C(F)C4)C(=O)N2C1)N1CC/C=C\C[C@@H](C1=O)N(C)C(=O)CN(C1CC1)C(=O)[C@H]([C@@H](C)CC)NC3=O. The zero-order chi connectivity index (χ0) is 80.2. The predicted octanol–water partition coefficient (Wildman–Crippen LogP) is 7.19. The molecule has 12 amide bonds. The molecule has 616 valence electrons. The number of piperidine rings is 1. The second-order valence-electron chi connectivity index (χ2n) is 33.1. The Morgan fingerprint density at radius 2 is 1.26 bits per heavy atom. The number of nitrogens with zero attached hydrogens (tertiary/aromatic N) is 9. The van der Waals surface area contributed by atoms with E-state index < -0.39 is 211 Å². The number of alkyl halides is 5. The molecule has 3 N–H and O–H groups in total. The average molecular weight is 1560 g/mol. The second-order valence-corrected chi connectivity index (χ2v) is 33.1. The molecule has 12 atom stereocenters. The van der Waals surface area contributed by atoms with Gasteiger partial charge in [0.1, 0.15) is 78.7 Å². The highest BCUT2D eigenvalue weighted by Gasteiger charge is 2.56. The van der Waals surface area contributed by atoms with Gasteiger partial charge in [-0.15, -0.1) is 0 Å². The van der Waals surface area contributed by atoms with E-state index in [0.29, 0.717) is 109 Å². The van der Waals surface area contributed by atoms with Crippen molar-refractivity contribution in [2.75, 3.05) is 81.1 Å². The molecule has 11 aliphatic rings. The summed E-state index contributed by atoms with van der Waals surface area (Å²) in [5.74, 6) is -13.0. The van der Waals surface area contributed by atoms with Crippen molar-refractivity contribution in [3.8, 4) is 0 Å². The van der Waals surface area contributed by atoms with Gasteiger partial charge in [0, 0.05) is 80.5 Å². The fourth-order valence-corrected chi connectivity index (χ4v) is 18.3. The Bertz CT molecular complexity index is 3330. The summed E-state index contributed by atoms with van der Waals surface area (Å²) < 4.78 is 79.3. The number of hydrogen-bond donors (Lipinski definition) is 3. The minimum absolute atomic E-state index is 0.0279. The molecule has 6 bridgehead atoms. The van der Waals surface area contributed by atoms with E-state index in [0.717, 1.165) is 11.3 Å². The van der Waals surface area contributed by atoms with Gasteiger partial charge in [-0.3, -0.25) is 57.5 Å². The van der Waals surface area contributed by atoms with Gasteiger partial charge in [0.2, 0.25) is 70.9 Å². The molecule has 25 nitrogen and oxygen atoms in total. The molecule has 7 aliphatic heterocycles. The van der Waals surface area contributed by atoms with Crippen LogP contribution in [-0.4, -0.2) is 281 Å². The molecule has 2 saturated heterocycles. The van der Waals surface area contributed by atoms with Crippen molar-refractivity contribution in [2.24, 2.45) is 35.5 Å². The average Bonchev–Trinajstić information content (AvgIpc) is 0.899. The lowest BCUT2D eigenvalue weighted by Gasteiger charge is -2.47. The maximum absolute atomic E-state index is 15.9. The van der Waals surface area contributed by atoms with Crippen molar-refractivity contribution < 1.29 is 84.2 Å². The Morgan fingerprint density at radius 3 is 1.87 bits per heavy atom. The molecule has 4 aliphatic carbocycles. The van der Waals surface area contributed by atoms with Crippen LogP contribution in [0.25, 0.3) is 0 Å². The Balaban J connectivity index is 1.16. The molecule has 11 rings (SSSR count). The number of ether oxygens (including phenoxy) is 1. The van der Waals surface area contributed by atoms with E-state index in [-0.39, 0.29) is 82.9 Å². The Labute approximate surface area is 646 Å². The van der Waals surface area contributed by atoms with Crippen LogP contribution < -0.4 is 16.0 Å². The number of likely N-dealkylation sites (tertiary alicyclic amines) is 1. The van der Waals surface area contributed by atoms with E-state index in [1.54, 1.807) is 17.9 Å². The molecule has 1 spiro atoms. The van der Waals surface area contributed by atoms with Crippen molar-refractivity contribution in [1.29, 1.82) is 0 Å². The minimum Gasteiger partial charge on any atom is -0.377 e. The van der Waals surface area contributed by atoms with Gasteiger partial charge in [-0.2, -0.15) is 13.2 Å². The number of likely N-dealkylation sites (N-methyl/N-ethyl adjacent to an activating group) is 5. The number of amides is 12. The maximum atomic E-state index is 15.9. The molecule has 30 heteroatoms. The molecule has 6 fully saturated rings. The summed E-state index contributed by atoms with van der Waals surface area (Å²) >= 11 is 0. The molecule has 0 aromatic rings. The van der Waals surface area contributed by atoms with Crippen molar-refractivity contribution in [1.82, 2.24) is 60.0 Å². The number of fused-ring (bicyclic) bond motifs is 22. The number of nitrogens with one attached hydrogen (secondary N) is 3. The first-order valence-corrected chi connectivity index (χ1v) is 41.0. The van der Waals surface area contributed by atoms with E-state index in [9.17, 15) is 18.0 Å². The number of rotatable bonds is 12. The van der Waals surface area contributed by atoms with Crippen LogP contribution in [0.4, 0.5) is 22.0 Å². The summed E-state index contributed by atoms with van der Waals surface area (Å²) in [5.41, 5.74) is -1.66. The molecule has 2 unspecified atom stereocenters. The highest BCUT2D eigenvalue weighted by molar-refractivity contribution is 6.01. The van der Waals surface area contributed by atoms with Crippen molar-refractivity contribution in [3.63, 3.8) is 0 Å². The Hall–Kier alpha value is -7.27. The van der Waals surface area contributed by atoms with Crippen LogP contribution >= 0.6 is 0 Å². The number of carbonyl (C=O) groups is 12. The third kappa shape index (κ3) is 20.6. The summed E-state index contributed by atoms with van der Waals surface area (Å²) in [6.07, 6.45) is 3.04. The van der Waals surface area contributed by atoms with Crippen LogP contribution in [0, 0.1) is 35.5 Å². The zero-order valence-corrected chi connectivity index (χ0v) is 66.5. The quantitative estimate of drug-likeness (QED) is 0.0993. The van der Waals surface area contributed by atoms with E-state index in [1.807, 2.05) is 39.8 Å². The number of hydrogen-bond acceptors (Lipinski definition) is 13. The largest absolute Gasteiger partial charge is 0.397 e. The van der Waals surface area contributed by atoms with Crippen LogP contribution in [0.1, 0.15) is 208 Å². The first kappa shape index (κ1) is 86.7. The smallest absolute Gasteiger partial charge is 0.377 e. The molecular weight excluding hydrogens is 1430 g/mol. The lowest BCUT2D eigenvalue weighted by molar-refractivity contribution is -0.219. The van der Waals surface area contributed by atoms with E-state index >= 15 is 61.5 Å². The lowest BCUT2D eigenvalue weighted by atomic mass is 9.74.